The quantitative estimate of drug-likeness (QED) is 0.264. The molecule has 2 amide bonds. The molecule has 0 unspecified atom stereocenters. The number of amides is 2. The lowest BCUT2D eigenvalue weighted by Gasteiger charge is -2.29. The van der Waals surface area contributed by atoms with E-state index in [1.54, 1.807) is 0 Å². The van der Waals surface area contributed by atoms with Crippen LogP contribution >= 0.6 is 12.2 Å². The van der Waals surface area contributed by atoms with Gasteiger partial charge in [-0.05, 0) is 36.0 Å². The molecule has 2 aromatic carbocycles. The van der Waals surface area contributed by atoms with Crippen molar-refractivity contribution in [1.82, 2.24) is 5.32 Å². The molecular formula is C18H11FN3O6S-. The van der Waals surface area contributed by atoms with E-state index in [1.165, 1.54) is 18.2 Å². The second-order valence-corrected chi connectivity index (χ2v) is 6.12. The van der Waals surface area contributed by atoms with Crippen molar-refractivity contribution in [3.63, 3.8) is 0 Å². The Hall–Kier alpha value is -3.86. The second kappa shape index (κ2) is 7.64. The van der Waals surface area contributed by atoms with Crippen molar-refractivity contribution in [1.29, 1.82) is 0 Å². The fraction of sp³-hybridized carbons (Fsp3) is 0.0556. The third kappa shape index (κ3) is 3.62. The number of nitrogens with one attached hydrogen (secondary N) is 1. The standard InChI is InChI=1S/C18H12FN3O6S/c1-28-14-8-10(22(26)27)6-9(15(14)23)7-11-16(24)20-18(29)21(17(11)25)13-5-3-2-4-12(13)19/h2-8,23H,1H3,(H,20,24,29)/p-1/b11-7-. The molecule has 0 spiro atoms. The Bertz CT molecular complexity index is 1100. The Morgan fingerprint density at radius 2 is 1.97 bits per heavy atom. The highest BCUT2D eigenvalue weighted by Crippen LogP contribution is 2.34. The van der Waals surface area contributed by atoms with Crippen LogP contribution in [-0.4, -0.2) is 29.0 Å². The average molecular weight is 416 g/mol. The van der Waals surface area contributed by atoms with Crippen molar-refractivity contribution in [2.45, 2.75) is 0 Å². The zero-order valence-corrected chi connectivity index (χ0v) is 15.5. The van der Waals surface area contributed by atoms with Crippen LogP contribution in [0.15, 0.2) is 42.0 Å². The number of anilines is 1. The Morgan fingerprint density at radius 1 is 1.28 bits per heavy atom. The molecule has 0 radical (unpaired) electrons. The van der Waals surface area contributed by atoms with E-state index in [1.807, 2.05) is 0 Å². The van der Waals surface area contributed by atoms with E-state index in [0.717, 1.165) is 36.3 Å². The molecule has 29 heavy (non-hydrogen) atoms. The zero-order chi connectivity index (χ0) is 21.3. The molecule has 0 saturated carbocycles. The highest BCUT2D eigenvalue weighted by atomic mass is 32.1. The first kappa shape index (κ1) is 19.9. The molecule has 0 aromatic heterocycles. The van der Waals surface area contributed by atoms with E-state index in [9.17, 15) is 29.2 Å². The summed E-state index contributed by atoms with van der Waals surface area (Å²) in [7, 11) is 1.15. The molecule has 11 heteroatoms. The van der Waals surface area contributed by atoms with Crippen molar-refractivity contribution in [2.75, 3.05) is 12.0 Å². The summed E-state index contributed by atoms with van der Waals surface area (Å²) in [5.74, 6) is -3.79. The molecule has 0 aliphatic carbocycles. The lowest BCUT2D eigenvalue weighted by molar-refractivity contribution is -0.385. The lowest BCUT2D eigenvalue weighted by atomic mass is 10.0. The topological polar surface area (TPSA) is 125 Å². The number of benzene rings is 2. The van der Waals surface area contributed by atoms with E-state index >= 15 is 0 Å². The SMILES string of the molecule is COc1cc([N+](=O)[O-])cc(/C=C2/C(=O)NC(=S)N(c3ccccc3F)C2=O)c1[O-]. The van der Waals surface area contributed by atoms with Crippen LogP contribution in [0.4, 0.5) is 15.8 Å². The number of carbonyl (C=O) groups is 2. The molecule has 9 nitrogen and oxygen atoms in total. The maximum absolute atomic E-state index is 14.1. The Labute approximate surface area is 168 Å². The molecule has 0 bridgehead atoms. The van der Waals surface area contributed by atoms with Crippen LogP contribution in [-0.2, 0) is 9.59 Å². The number of non-ortho nitro benzene ring substituents is 1. The third-order valence-corrected chi connectivity index (χ3v) is 4.28. The van der Waals surface area contributed by atoms with E-state index in [0.29, 0.717) is 0 Å². The zero-order valence-electron chi connectivity index (χ0n) is 14.7. The van der Waals surface area contributed by atoms with Crippen LogP contribution in [0.3, 0.4) is 0 Å². The smallest absolute Gasteiger partial charge is 0.273 e. The van der Waals surface area contributed by atoms with Gasteiger partial charge in [0.1, 0.15) is 17.1 Å². The Balaban J connectivity index is 2.14. The number of halogens is 1. The fourth-order valence-electron chi connectivity index (χ4n) is 2.64. The van der Waals surface area contributed by atoms with E-state index in [2.05, 4.69) is 5.32 Å². The first-order valence-corrected chi connectivity index (χ1v) is 8.35. The maximum atomic E-state index is 14.1. The number of rotatable bonds is 4. The van der Waals surface area contributed by atoms with Gasteiger partial charge >= 0.3 is 0 Å². The van der Waals surface area contributed by atoms with Crippen molar-refractivity contribution < 1.29 is 28.7 Å². The van der Waals surface area contributed by atoms with Gasteiger partial charge in [-0.2, -0.15) is 0 Å². The number of ether oxygens (including phenoxy) is 1. The molecule has 148 valence electrons. The fourth-order valence-corrected chi connectivity index (χ4v) is 2.91. The number of carbonyl (C=O) groups excluding carboxylic acids is 2. The van der Waals surface area contributed by atoms with Gasteiger partial charge in [0.05, 0.1) is 23.8 Å². The monoisotopic (exact) mass is 416 g/mol. The van der Waals surface area contributed by atoms with Gasteiger partial charge in [-0.1, -0.05) is 17.9 Å². The predicted octanol–water partition coefficient (Wildman–Crippen LogP) is 1.65. The van der Waals surface area contributed by atoms with Gasteiger partial charge in [0.2, 0.25) is 0 Å². The summed E-state index contributed by atoms with van der Waals surface area (Å²) in [6, 6.07) is 7.09. The second-order valence-electron chi connectivity index (χ2n) is 5.73. The van der Waals surface area contributed by atoms with Gasteiger partial charge in [0.25, 0.3) is 17.5 Å². The van der Waals surface area contributed by atoms with E-state index in [-0.39, 0.29) is 22.1 Å². The van der Waals surface area contributed by atoms with Crippen LogP contribution in [0, 0.1) is 15.9 Å². The number of hydrogen-bond donors (Lipinski definition) is 1. The third-order valence-electron chi connectivity index (χ3n) is 3.99. The number of nitrogens with zero attached hydrogens (tertiary/aromatic N) is 2. The highest BCUT2D eigenvalue weighted by molar-refractivity contribution is 7.80. The molecule has 1 aliphatic rings. The van der Waals surface area contributed by atoms with Crippen LogP contribution < -0.4 is 20.1 Å². The number of nitro benzene ring substituents is 1. The highest BCUT2D eigenvalue weighted by Gasteiger charge is 2.35. The van der Waals surface area contributed by atoms with Crippen LogP contribution in [0.25, 0.3) is 6.08 Å². The van der Waals surface area contributed by atoms with Crippen LogP contribution in [0.1, 0.15) is 5.56 Å². The molecule has 0 atom stereocenters. The first-order chi connectivity index (χ1) is 13.7. The van der Waals surface area contributed by atoms with Crippen LogP contribution in [0.2, 0.25) is 0 Å². The van der Waals surface area contributed by atoms with E-state index < -0.39 is 39.6 Å². The molecule has 1 N–H and O–H groups in total. The van der Waals surface area contributed by atoms with Crippen molar-refractivity contribution in [2.24, 2.45) is 0 Å². The molecule has 1 heterocycles. The molecule has 3 rings (SSSR count). The minimum atomic E-state index is -0.992. The number of para-hydroxylation sites is 1. The average Bonchev–Trinajstić information content (AvgIpc) is 2.67. The van der Waals surface area contributed by atoms with Crippen molar-refractivity contribution in [3.05, 3.63) is 63.5 Å². The summed E-state index contributed by atoms with van der Waals surface area (Å²) in [5.41, 5.74) is -1.55. The molecule has 1 saturated heterocycles. The van der Waals surface area contributed by atoms with Crippen molar-refractivity contribution >= 4 is 46.6 Å². The molecule has 2 aromatic rings. The number of hydrogen-bond acceptors (Lipinski definition) is 7. The Kier molecular flexibility index (Phi) is 5.24. The minimum Gasteiger partial charge on any atom is -0.870 e. The first-order valence-electron chi connectivity index (χ1n) is 7.94. The Morgan fingerprint density at radius 3 is 2.59 bits per heavy atom. The largest absolute Gasteiger partial charge is 0.870 e. The summed E-state index contributed by atoms with van der Waals surface area (Å²) in [6.45, 7) is 0. The summed E-state index contributed by atoms with van der Waals surface area (Å²) < 4.78 is 19.0. The number of thiocarbonyl (C=S) groups is 1. The van der Waals surface area contributed by atoms with Gasteiger partial charge in [0.15, 0.2) is 5.11 Å². The van der Waals surface area contributed by atoms with Gasteiger partial charge < -0.3 is 9.84 Å². The lowest BCUT2D eigenvalue weighted by Crippen LogP contribution is -2.54. The van der Waals surface area contributed by atoms with Gasteiger partial charge in [-0.25, -0.2) is 9.29 Å². The molecule has 1 fully saturated rings. The minimum absolute atomic E-state index is 0.202. The summed E-state index contributed by atoms with van der Waals surface area (Å²) in [5, 5.41) is 25.4. The predicted molar refractivity (Wildman–Crippen MR) is 102 cm³/mol. The summed E-state index contributed by atoms with van der Waals surface area (Å²) in [6.07, 6.45) is 0.880. The summed E-state index contributed by atoms with van der Waals surface area (Å²) >= 11 is 4.97. The van der Waals surface area contributed by atoms with Gasteiger partial charge in [0, 0.05) is 6.07 Å². The number of nitro groups is 1. The normalized spacial score (nSPS) is 15.4. The molecule has 1 aliphatic heterocycles. The summed E-state index contributed by atoms with van der Waals surface area (Å²) in [4.78, 5) is 36.2. The van der Waals surface area contributed by atoms with Crippen LogP contribution in [0.5, 0.6) is 11.5 Å². The molecular weight excluding hydrogens is 405 g/mol. The van der Waals surface area contributed by atoms with Gasteiger partial charge in [-0.15, -0.1) is 0 Å². The van der Waals surface area contributed by atoms with Gasteiger partial charge in [-0.3, -0.25) is 25.0 Å². The van der Waals surface area contributed by atoms with E-state index in [4.69, 9.17) is 17.0 Å². The maximum Gasteiger partial charge on any atom is 0.273 e. The number of methoxy groups -OCH3 is 1. The van der Waals surface area contributed by atoms with Crippen molar-refractivity contribution in [3.8, 4) is 11.5 Å².